The fourth-order valence-electron chi connectivity index (χ4n) is 2.75. The molecule has 5 nitrogen and oxygen atoms in total. The van der Waals surface area contributed by atoms with E-state index < -0.39 is 0 Å². The topological polar surface area (TPSA) is 64.1 Å². The van der Waals surface area contributed by atoms with E-state index in [0.29, 0.717) is 16.7 Å². The quantitative estimate of drug-likeness (QED) is 0.516. The first-order valence-electron chi connectivity index (χ1n) is 9.62. The summed E-state index contributed by atoms with van der Waals surface area (Å²) in [6.07, 6.45) is 5.02. The van der Waals surface area contributed by atoms with Crippen molar-refractivity contribution in [2.24, 2.45) is 0 Å². The van der Waals surface area contributed by atoms with E-state index in [2.05, 4.69) is 27.4 Å². The van der Waals surface area contributed by atoms with Gasteiger partial charge >= 0.3 is 0 Å². The number of aryl methyl sites for hydroxylation is 2. The van der Waals surface area contributed by atoms with Crippen molar-refractivity contribution in [1.82, 2.24) is 15.3 Å². The number of nitrogens with zero attached hydrogens (tertiary/aromatic N) is 2. The van der Waals surface area contributed by atoms with E-state index in [-0.39, 0.29) is 17.7 Å². The molecule has 0 aliphatic rings. The van der Waals surface area contributed by atoms with Gasteiger partial charge in [0.2, 0.25) is 5.91 Å². The zero-order valence-corrected chi connectivity index (χ0v) is 17.5. The molecule has 0 saturated heterocycles. The zero-order valence-electron chi connectivity index (χ0n) is 16.7. The molecule has 3 rings (SSSR count). The molecule has 0 aliphatic carbocycles. The standard InChI is InChI=1S/C23H25N3O2S/c1-17-8-12-20(13-9-17)28-22-23(25-15-14-24-22)29-16-21(27)26-18(2)10-11-19-6-4-3-5-7-19/h3-9,12-15,18H,10-11,16H2,1-2H3,(H,26,27)/t18-/m1/s1. The molecule has 0 spiro atoms. The van der Waals surface area contributed by atoms with Gasteiger partial charge in [0, 0.05) is 18.4 Å². The average Bonchev–Trinajstić information content (AvgIpc) is 2.74. The highest BCUT2D eigenvalue weighted by molar-refractivity contribution is 8.00. The maximum atomic E-state index is 12.3. The fourth-order valence-corrected chi connectivity index (χ4v) is 3.45. The Bertz CT molecular complexity index is 917. The lowest BCUT2D eigenvalue weighted by atomic mass is 10.1. The Morgan fingerprint density at radius 2 is 1.79 bits per heavy atom. The molecule has 150 valence electrons. The summed E-state index contributed by atoms with van der Waals surface area (Å²) >= 11 is 1.32. The van der Waals surface area contributed by atoms with Gasteiger partial charge in [-0.25, -0.2) is 9.97 Å². The van der Waals surface area contributed by atoms with Crippen LogP contribution in [0.25, 0.3) is 0 Å². The maximum Gasteiger partial charge on any atom is 0.252 e. The lowest BCUT2D eigenvalue weighted by molar-refractivity contribution is -0.119. The first-order chi connectivity index (χ1) is 14.1. The molecule has 1 atom stereocenters. The molecular formula is C23H25N3O2S. The van der Waals surface area contributed by atoms with Crippen molar-refractivity contribution >= 4 is 17.7 Å². The predicted molar refractivity (Wildman–Crippen MR) is 116 cm³/mol. The number of ether oxygens (including phenoxy) is 1. The molecule has 1 aromatic heterocycles. The molecule has 3 aromatic rings. The second kappa shape index (κ2) is 10.6. The Kier molecular flexibility index (Phi) is 7.64. The van der Waals surface area contributed by atoms with Crippen molar-refractivity contribution < 1.29 is 9.53 Å². The molecule has 6 heteroatoms. The van der Waals surface area contributed by atoms with Crippen LogP contribution in [0.5, 0.6) is 11.6 Å². The molecule has 0 saturated carbocycles. The van der Waals surface area contributed by atoms with Crippen molar-refractivity contribution in [3.05, 3.63) is 78.1 Å². The Labute approximate surface area is 175 Å². The highest BCUT2D eigenvalue weighted by Gasteiger charge is 2.13. The number of thioether (sulfide) groups is 1. The summed E-state index contributed by atoms with van der Waals surface area (Å²) in [5, 5.41) is 3.64. The van der Waals surface area contributed by atoms with Crippen LogP contribution in [0.3, 0.4) is 0 Å². The summed E-state index contributed by atoms with van der Waals surface area (Å²) in [5.74, 6) is 1.34. The summed E-state index contributed by atoms with van der Waals surface area (Å²) < 4.78 is 5.84. The highest BCUT2D eigenvalue weighted by atomic mass is 32.2. The van der Waals surface area contributed by atoms with Crippen molar-refractivity contribution in [2.75, 3.05) is 5.75 Å². The van der Waals surface area contributed by atoms with Gasteiger partial charge in [0.25, 0.3) is 5.88 Å². The van der Waals surface area contributed by atoms with E-state index in [4.69, 9.17) is 4.74 Å². The van der Waals surface area contributed by atoms with Gasteiger partial charge in [-0.15, -0.1) is 0 Å². The largest absolute Gasteiger partial charge is 0.437 e. The van der Waals surface area contributed by atoms with Crippen LogP contribution >= 0.6 is 11.8 Å². The molecule has 2 aromatic carbocycles. The number of rotatable bonds is 9. The number of hydrogen-bond acceptors (Lipinski definition) is 5. The van der Waals surface area contributed by atoms with Gasteiger partial charge in [0.1, 0.15) is 5.75 Å². The minimum Gasteiger partial charge on any atom is -0.437 e. The summed E-state index contributed by atoms with van der Waals surface area (Å²) in [5.41, 5.74) is 2.43. The lowest BCUT2D eigenvalue weighted by Crippen LogP contribution is -2.34. The van der Waals surface area contributed by atoms with Gasteiger partial charge in [-0.1, -0.05) is 59.8 Å². The highest BCUT2D eigenvalue weighted by Crippen LogP contribution is 2.28. The first-order valence-corrected chi connectivity index (χ1v) is 10.6. The van der Waals surface area contributed by atoms with E-state index in [1.165, 1.54) is 17.3 Å². The molecular weight excluding hydrogens is 382 g/mol. The van der Waals surface area contributed by atoms with Gasteiger partial charge in [-0.05, 0) is 44.4 Å². The summed E-state index contributed by atoms with van der Waals surface area (Å²) in [4.78, 5) is 20.9. The van der Waals surface area contributed by atoms with Gasteiger partial charge in [0.05, 0.1) is 5.75 Å². The molecule has 0 bridgehead atoms. The molecule has 1 heterocycles. The maximum absolute atomic E-state index is 12.3. The number of hydrogen-bond donors (Lipinski definition) is 1. The van der Waals surface area contributed by atoms with E-state index in [1.807, 2.05) is 56.3 Å². The number of benzene rings is 2. The van der Waals surface area contributed by atoms with Crippen LogP contribution in [0.2, 0.25) is 0 Å². The van der Waals surface area contributed by atoms with E-state index in [0.717, 1.165) is 18.4 Å². The second-order valence-corrected chi connectivity index (χ2v) is 7.83. The van der Waals surface area contributed by atoms with Gasteiger partial charge in [0.15, 0.2) is 5.03 Å². The van der Waals surface area contributed by atoms with Crippen molar-refractivity contribution in [1.29, 1.82) is 0 Å². The van der Waals surface area contributed by atoms with Crippen LogP contribution in [-0.4, -0.2) is 27.7 Å². The lowest BCUT2D eigenvalue weighted by Gasteiger charge is -2.14. The van der Waals surface area contributed by atoms with Crippen molar-refractivity contribution in [3.8, 4) is 11.6 Å². The molecule has 1 amide bonds. The molecule has 1 N–H and O–H groups in total. The van der Waals surface area contributed by atoms with Gasteiger partial charge in [-0.2, -0.15) is 0 Å². The summed E-state index contributed by atoms with van der Waals surface area (Å²) in [6.45, 7) is 4.05. The molecule has 0 aliphatic heterocycles. The van der Waals surface area contributed by atoms with Gasteiger partial charge < -0.3 is 10.1 Å². The predicted octanol–water partition coefficient (Wildman–Crippen LogP) is 4.81. The smallest absolute Gasteiger partial charge is 0.252 e. The third-order valence-corrected chi connectivity index (χ3v) is 5.28. The second-order valence-electron chi connectivity index (χ2n) is 6.86. The normalized spacial score (nSPS) is 11.7. The average molecular weight is 408 g/mol. The minimum atomic E-state index is -0.0255. The van der Waals surface area contributed by atoms with Crippen LogP contribution in [0.4, 0.5) is 0 Å². The van der Waals surface area contributed by atoms with E-state index >= 15 is 0 Å². The number of nitrogens with one attached hydrogen (secondary N) is 1. The SMILES string of the molecule is Cc1ccc(Oc2nccnc2SCC(=O)N[C@H](C)CCc2ccccc2)cc1. The number of amides is 1. The Hall–Kier alpha value is -2.86. The number of carbonyl (C=O) groups is 1. The van der Waals surface area contributed by atoms with Crippen LogP contribution in [-0.2, 0) is 11.2 Å². The fraction of sp³-hybridized carbons (Fsp3) is 0.261. The monoisotopic (exact) mass is 407 g/mol. The van der Waals surface area contributed by atoms with Crippen LogP contribution in [0.15, 0.2) is 72.0 Å². The van der Waals surface area contributed by atoms with Crippen LogP contribution in [0, 0.1) is 6.92 Å². The molecule has 0 radical (unpaired) electrons. The minimum absolute atomic E-state index is 0.0255. The molecule has 0 unspecified atom stereocenters. The number of carbonyl (C=O) groups excluding carboxylic acids is 1. The van der Waals surface area contributed by atoms with Crippen molar-refractivity contribution in [2.45, 2.75) is 37.8 Å². The third kappa shape index (κ3) is 6.91. The van der Waals surface area contributed by atoms with Crippen LogP contribution in [0.1, 0.15) is 24.5 Å². The summed E-state index contributed by atoms with van der Waals surface area (Å²) in [6, 6.07) is 18.1. The Balaban J connectivity index is 1.49. The van der Waals surface area contributed by atoms with Crippen LogP contribution < -0.4 is 10.1 Å². The molecule has 0 fully saturated rings. The Morgan fingerprint density at radius 3 is 2.55 bits per heavy atom. The Morgan fingerprint density at radius 1 is 1.07 bits per heavy atom. The van der Waals surface area contributed by atoms with E-state index in [1.54, 1.807) is 12.4 Å². The number of aromatic nitrogens is 2. The van der Waals surface area contributed by atoms with Crippen molar-refractivity contribution in [3.63, 3.8) is 0 Å². The van der Waals surface area contributed by atoms with Gasteiger partial charge in [-0.3, -0.25) is 4.79 Å². The molecule has 29 heavy (non-hydrogen) atoms. The zero-order chi connectivity index (χ0) is 20.5. The first kappa shape index (κ1) is 20.9. The third-order valence-electron chi connectivity index (χ3n) is 4.32. The summed E-state index contributed by atoms with van der Waals surface area (Å²) in [7, 11) is 0. The van der Waals surface area contributed by atoms with E-state index in [9.17, 15) is 4.79 Å².